The molecule has 1 aliphatic rings. The molecule has 0 unspecified atom stereocenters. The number of pyridine rings is 1. The van der Waals surface area contributed by atoms with Gasteiger partial charge in [-0.15, -0.1) is 0 Å². The quantitative estimate of drug-likeness (QED) is 0.770. The number of nitriles is 1. The van der Waals surface area contributed by atoms with Crippen molar-refractivity contribution in [3.8, 4) is 17.2 Å². The summed E-state index contributed by atoms with van der Waals surface area (Å²) in [6.45, 7) is 0.737. The van der Waals surface area contributed by atoms with E-state index in [1.54, 1.807) is 22.0 Å². The molecule has 1 aliphatic heterocycles. The second kappa shape index (κ2) is 3.86. The minimum Gasteiger partial charge on any atom is -0.311 e. The van der Waals surface area contributed by atoms with E-state index in [0.717, 1.165) is 30.6 Å². The first kappa shape index (κ1) is 10.3. The number of thiophene rings is 1. The molecule has 3 nitrogen and oxygen atoms in total. The van der Waals surface area contributed by atoms with E-state index in [1.807, 2.05) is 16.8 Å². The number of rotatable bonds is 1. The van der Waals surface area contributed by atoms with E-state index in [2.05, 4.69) is 6.07 Å². The third-order valence-electron chi connectivity index (χ3n) is 3.15. The van der Waals surface area contributed by atoms with E-state index in [1.165, 1.54) is 0 Å². The predicted octanol–water partition coefficient (Wildman–Crippen LogP) is 2.39. The molecule has 0 radical (unpaired) electrons. The zero-order chi connectivity index (χ0) is 11.8. The van der Waals surface area contributed by atoms with Crippen molar-refractivity contribution in [1.82, 2.24) is 4.57 Å². The monoisotopic (exact) mass is 242 g/mol. The third-order valence-corrected chi connectivity index (χ3v) is 3.83. The molecule has 0 aliphatic carbocycles. The van der Waals surface area contributed by atoms with E-state index >= 15 is 0 Å². The largest absolute Gasteiger partial charge is 0.311 e. The topological polar surface area (TPSA) is 45.8 Å². The number of nitrogens with zero attached hydrogens (tertiary/aromatic N) is 2. The molecule has 4 heteroatoms. The van der Waals surface area contributed by atoms with E-state index in [9.17, 15) is 4.79 Å². The van der Waals surface area contributed by atoms with Gasteiger partial charge in [-0.2, -0.15) is 16.6 Å². The maximum atomic E-state index is 12.3. The molecule has 0 bridgehead atoms. The van der Waals surface area contributed by atoms with Gasteiger partial charge in [-0.3, -0.25) is 4.79 Å². The van der Waals surface area contributed by atoms with Gasteiger partial charge >= 0.3 is 0 Å². The van der Waals surface area contributed by atoms with Crippen LogP contribution < -0.4 is 5.56 Å². The van der Waals surface area contributed by atoms with Crippen molar-refractivity contribution in [2.24, 2.45) is 0 Å². The molecular formula is C13H10N2OS. The Morgan fingerprint density at radius 2 is 2.35 bits per heavy atom. The van der Waals surface area contributed by atoms with Gasteiger partial charge in [0.2, 0.25) is 0 Å². The van der Waals surface area contributed by atoms with Crippen molar-refractivity contribution in [1.29, 1.82) is 5.26 Å². The molecular weight excluding hydrogens is 232 g/mol. The molecule has 0 fully saturated rings. The number of aromatic nitrogens is 1. The second-order valence-corrected chi connectivity index (χ2v) is 4.88. The summed E-state index contributed by atoms with van der Waals surface area (Å²) >= 11 is 1.56. The Balaban J connectivity index is 2.32. The lowest BCUT2D eigenvalue weighted by Crippen LogP contribution is -2.21. The van der Waals surface area contributed by atoms with Crippen LogP contribution in [0.5, 0.6) is 0 Å². The Bertz CT molecular complexity index is 662. The van der Waals surface area contributed by atoms with Crippen LogP contribution >= 0.6 is 11.3 Å². The summed E-state index contributed by atoms with van der Waals surface area (Å²) < 4.78 is 1.76. The fourth-order valence-corrected chi connectivity index (χ4v) is 2.99. The van der Waals surface area contributed by atoms with E-state index < -0.39 is 0 Å². The van der Waals surface area contributed by atoms with E-state index in [-0.39, 0.29) is 5.56 Å². The van der Waals surface area contributed by atoms with Gasteiger partial charge in [0, 0.05) is 17.8 Å². The van der Waals surface area contributed by atoms with Crippen LogP contribution in [-0.2, 0) is 13.0 Å². The van der Waals surface area contributed by atoms with Crippen LogP contribution in [0.25, 0.3) is 11.1 Å². The van der Waals surface area contributed by atoms with Crippen LogP contribution in [0, 0.1) is 11.3 Å². The van der Waals surface area contributed by atoms with Crippen molar-refractivity contribution in [3.05, 3.63) is 44.5 Å². The number of hydrogen-bond acceptors (Lipinski definition) is 3. The zero-order valence-electron chi connectivity index (χ0n) is 9.14. The van der Waals surface area contributed by atoms with Crippen LogP contribution in [-0.4, -0.2) is 4.57 Å². The third kappa shape index (κ3) is 1.51. The van der Waals surface area contributed by atoms with Crippen LogP contribution in [0.3, 0.4) is 0 Å². The van der Waals surface area contributed by atoms with Gasteiger partial charge in [0.25, 0.3) is 5.56 Å². The Morgan fingerprint density at radius 3 is 3.06 bits per heavy atom. The molecule has 3 rings (SSSR count). The highest BCUT2D eigenvalue weighted by atomic mass is 32.1. The van der Waals surface area contributed by atoms with Gasteiger partial charge in [0.05, 0.1) is 5.56 Å². The number of hydrogen-bond donors (Lipinski definition) is 0. The molecule has 0 spiro atoms. The highest BCUT2D eigenvalue weighted by Crippen LogP contribution is 2.24. The molecule has 2 aromatic rings. The smallest absolute Gasteiger partial charge is 0.258 e. The summed E-state index contributed by atoms with van der Waals surface area (Å²) in [5, 5.41) is 13.0. The molecule has 84 valence electrons. The normalized spacial score (nSPS) is 13.4. The molecule has 0 amide bonds. The van der Waals surface area contributed by atoms with Crippen LogP contribution in [0.1, 0.15) is 17.7 Å². The van der Waals surface area contributed by atoms with Crippen LogP contribution in [0.2, 0.25) is 0 Å². The molecule has 3 heterocycles. The highest BCUT2D eigenvalue weighted by Gasteiger charge is 2.19. The van der Waals surface area contributed by atoms with Gasteiger partial charge in [0.1, 0.15) is 6.07 Å². The molecule has 0 saturated carbocycles. The van der Waals surface area contributed by atoms with Gasteiger partial charge in [-0.1, -0.05) is 0 Å². The molecule has 0 atom stereocenters. The summed E-state index contributed by atoms with van der Waals surface area (Å²) in [6.07, 6.45) is 1.79. The highest BCUT2D eigenvalue weighted by molar-refractivity contribution is 7.08. The maximum Gasteiger partial charge on any atom is 0.258 e. The average molecular weight is 242 g/mol. The summed E-state index contributed by atoms with van der Waals surface area (Å²) in [4.78, 5) is 12.3. The van der Waals surface area contributed by atoms with Crippen LogP contribution in [0.15, 0.2) is 27.7 Å². The summed E-state index contributed by atoms with van der Waals surface area (Å²) in [5.41, 5.74) is 3.14. The van der Waals surface area contributed by atoms with Crippen LogP contribution in [0.4, 0.5) is 0 Å². The van der Waals surface area contributed by atoms with E-state index in [4.69, 9.17) is 5.26 Å². The molecule has 0 saturated heterocycles. The van der Waals surface area contributed by atoms with E-state index in [0.29, 0.717) is 11.1 Å². The Hall–Kier alpha value is -1.86. The lowest BCUT2D eigenvalue weighted by molar-refractivity contribution is 0.722. The van der Waals surface area contributed by atoms with Gasteiger partial charge in [0.15, 0.2) is 0 Å². The van der Waals surface area contributed by atoms with Crippen molar-refractivity contribution in [2.45, 2.75) is 19.4 Å². The minimum atomic E-state index is 0.0369. The molecule has 0 aromatic carbocycles. The van der Waals surface area contributed by atoms with Crippen molar-refractivity contribution >= 4 is 11.3 Å². The fraction of sp³-hybridized carbons (Fsp3) is 0.231. The lowest BCUT2D eigenvalue weighted by atomic mass is 10.1. The zero-order valence-corrected chi connectivity index (χ0v) is 9.96. The van der Waals surface area contributed by atoms with Gasteiger partial charge < -0.3 is 4.57 Å². The summed E-state index contributed by atoms with van der Waals surface area (Å²) in [6, 6.07) is 5.86. The first-order chi connectivity index (χ1) is 8.31. The molecule has 0 N–H and O–H groups in total. The Kier molecular flexibility index (Phi) is 2.34. The minimum absolute atomic E-state index is 0.0369. The summed E-state index contributed by atoms with van der Waals surface area (Å²) in [7, 11) is 0. The SMILES string of the molecule is N#Cc1cc(-c2ccsc2)c(=O)n2c1CCC2. The number of fused-ring (bicyclic) bond motifs is 1. The molecule has 2 aromatic heterocycles. The lowest BCUT2D eigenvalue weighted by Gasteiger charge is -2.07. The first-order valence-electron chi connectivity index (χ1n) is 5.50. The van der Waals surface area contributed by atoms with Crippen molar-refractivity contribution in [2.75, 3.05) is 0 Å². The fourth-order valence-electron chi connectivity index (χ4n) is 2.33. The van der Waals surface area contributed by atoms with Crippen molar-refractivity contribution < 1.29 is 0 Å². The standard InChI is InChI=1S/C13H10N2OS/c14-7-10-6-11(9-3-5-17-8-9)13(16)15-4-1-2-12(10)15/h3,5-6,8H,1-2,4H2. The Morgan fingerprint density at radius 1 is 1.47 bits per heavy atom. The van der Waals surface area contributed by atoms with Crippen molar-refractivity contribution in [3.63, 3.8) is 0 Å². The maximum absolute atomic E-state index is 12.3. The first-order valence-corrected chi connectivity index (χ1v) is 6.45. The van der Waals surface area contributed by atoms with Gasteiger partial charge in [-0.05, 0) is 41.3 Å². The Labute approximate surface area is 103 Å². The second-order valence-electron chi connectivity index (χ2n) is 4.10. The molecule has 17 heavy (non-hydrogen) atoms. The average Bonchev–Trinajstić information content (AvgIpc) is 3.00. The predicted molar refractivity (Wildman–Crippen MR) is 67.1 cm³/mol. The summed E-state index contributed by atoms with van der Waals surface area (Å²) in [5.74, 6) is 0. The van der Waals surface area contributed by atoms with Gasteiger partial charge in [-0.25, -0.2) is 0 Å².